The van der Waals surface area contributed by atoms with Gasteiger partial charge in [0.15, 0.2) is 6.61 Å². The van der Waals surface area contributed by atoms with E-state index in [1.54, 1.807) is 0 Å². The molecule has 0 aromatic heterocycles. The van der Waals surface area contributed by atoms with Gasteiger partial charge in [-0.2, -0.15) is 5.10 Å². The first-order valence-electron chi connectivity index (χ1n) is 7.68. The zero-order valence-electron chi connectivity index (χ0n) is 13.6. The largest absolute Gasteiger partial charge is 0.483 e. The van der Waals surface area contributed by atoms with Gasteiger partial charge in [0.25, 0.3) is 5.91 Å². The van der Waals surface area contributed by atoms with Crippen LogP contribution < -0.4 is 10.2 Å². The lowest BCUT2D eigenvalue weighted by Crippen LogP contribution is -2.24. The Labute approximate surface area is 159 Å². The van der Waals surface area contributed by atoms with Crippen molar-refractivity contribution in [2.75, 3.05) is 6.61 Å². The van der Waals surface area contributed by atoms with E-state index in [0.29, 0.717) is 5.75 Å². The Bertz CT molecular complexity index is 763. The summed E-state index contributed by atoms with van der Waals surface area (Å²) in [7, 11) is 0. The summed E-state index contributed by atoms with van der Waals surface area (Å²) in [6, 6.07) is 10.0. The molecular formula is C18H17BrClFN2O2. The Balaban J connectivity index is 1.88. The van der Waals surface area contributed by atoms with Gasteiger partial charge in [-0.05, 0) is 52.2 Å². The number of benzene rings is 2. The molecule has 4 nitrogen and oxygen atoms in total. The number of ether oxygens (including phenoxy) is 1. The lowest BCUT2D eigenvalue weighted by atomic mass is 10.1. The Morgan fingerprint density at radius 2 is 2.20 bits per heavy atom. The maximum atomic E-state index is 13.6. The molecule has 2 aromatic rings. The van der Waals surface area contributed by atoms with Crippen LogP contribution >= 0.6 is 27.5 Å². The standard InChI is InChI=1S/C18H17BrClFN2O2/c1-2-4-12-7-8-17(14(19)9-12)25-11-18(24)23-22-10-13-15(20)5-3-6-16(13)21/h3,5-10H,2,4,11H2,1H3,(H,23,24)/b22-10+. The predicted molar refractivity (Wildman–Crippen MR) is 101 cm³/mol. The van der Waals surface area contributed by atoms with Gasteiger partial charge in [-0.15, -0.1) is 0 Å². The second-order valence-electron chi connectivity index (χ2n) is 5.23. The fourth-order valence-corrected chi connectivity index (χ4v) is 2.84. The Morgan fingerprint density at radius 3 is 2.88 bits per heavy atom. The summed E-state index contributed by atoms with van der Waals surface area (Å²) in [4.78, 5) is 11.8. The molecule has 0 saturated heterocycles. The van der Waals surface area contributed by atoms with Crippen molar-refractivity contribution < 1.29 is 13.9 Å². The summed E-state index contributed by atoms with van der Waals surface area (Å²) < 4.78 is 19.8. The summed E-state index contributed by atoms with van der Waals surface area (Å²) in [5.74, 6) is -0.415. The van der Waals surface area contributed by atoms with Gasteiger partial charge >= 0.3 is 0 Å². The average Bonchev–Trinajstić information content (AvgIpc) is 2.57. The van der Waals surface area contributed by atoms with Gasteiger partial charge in [-0.1, -0.05) is 37.1 Å². The van der Waals surface area contributed by atoms with Crippen LogP contribution in [-0.4, -0.2) is 18.7 Å². The monoisotopic (exact) mass is 426 g/mol. The number of halogens is 3. The Morgan fingerprint density at radius 1 is 1.40 bits per heavy atom. The van der Waals surface area contributed by atoms with Crippen molar-refractivity contribution in [1.29, 1.82) is 0 Å². The van der Waals surface area contributed by atoms with Crippen LogP contribution in [0.25, 0.3) is 0 Å². The minimum atomic E-state index is -0.516. The Kier molecular flexibility index (Phi) is 7.40. The summed E-state index contributed by atoms with van der Waals surface area (Å²) >= 11 is 9.29. The van der Waals surface area contributed by atoms with Gasteiger partial charge in [0, 0.05) is 5.56 Å². The summed E-state index contributed by atoms with van der Waals surface area (Å²) in [5.41, 5.74) is 3.57. The third kappa shape index (κ3) is 5.83. The fourth-order valence-electron chi connectivity index (χ4n) is 2.08. The van der Waals surface area contributed by atoms with Crippen molar-refractivity contribution in [3.8, 4) is 5.75 Å². The third-order valence-corrected chi connectivity index (χ3v) is 4.23. The Hall–Kier alpha value is -1.92. The number of nitrogens with one attached hydrogen (secondary N) is 1. The molecule has 0 aliphatic carbocycles. The molecule has 132 valence electrons. The zero-order valence-corrected chi connectivity index (χ0v) is 15.9. The van der Waals surface area contributed by atoms with Gasteiger partial charge in [-0.25, -0.2) is 9.82 Å². The molecule has 0 heterocycles. The molecular weight excluding hydrogens is 411 g/mol. The van der Waals surface area contributed by atoms with E-state index in [0.717, 1.165) is 23.5 Å². The quantitative estimate of drug-likeness (QED) is 0.513. The van der Waals surface area contributed by atoms with E-state index in [1.165, 1.54) is 23.8 Å². The second kappa shape index (κ2) is 9.53. The van der Waals surface area contributed by atoms with Crippen LogP contribution in [-0.2, 0) is 11.2 Å². The molecule has 0 bridgehead atoms. The molecule has 0 atom stereocenters. The van der Waals surface area contributed by atoms with Gasteiger partial charge < -0.3 is 4.74 Å². The SMILES string of the molecule is CCCc1ccc(OCC(=O)N/N=C/c2c(F)cccc2Cl)c(Br)c1. The highest BCUT2D eigenvalue weighted by Gasteiger charge is 2.07. The van der Waals surface area contributed by atoms with Crippen molar-refractivity contribution in [3.63, 3.8) is 0 Å². The number of hydrogen-bond acceptors (Lipinski definition) is 3. The van der Waals surface area contributed by atoms with E-state index in [2.05, 4.69) is 33.4 Å². The van der Waals surface area contributed by atoms with Crippen LogP contribution in [0.5, 0.6) is 5.75 Å². The number of rotatable bonds is 7. The lowest BCUT2D eigenvalue weighted by Gasteiger charge is -2.08. The molecule has 25 heavy (non-hydrogen) atoms. The van der Waals surface area contributed by atoms with Gasteiger partial charge in [0.1, 0.15) is 11.6 Å². The maximum Gasteiger partial charge on any atom is 0.277 e. The second-order valence-corrected chi connectivity index (χ2v) is 6.49. The summed E-state index contributed by atoms with van der Waals surface area (Å²) in [6.07, 6.45) is 3.19. The van der Waals surface area contributed by atoms with Crippen molar-refractivity contribution in [2.45, 2.75) is 19.8 Å². The van der Waals surface area contributed by atoms with E-state index in [-0.39, 0.29) is 17.2 Å². The van der Waals surface area contributed by atoms with Crippen LogP contribution in [0.2, 0.25) is 5.02 Å². The number of hydrazone groups is 1. The first-order chi connectivity index (χ1) is 12.0. The van der Waals surface area contributed by atoms with E-state index in [4.69, 9.17) is 16.3 Å². The third-order valence-electron chi connectivity index (χ3n) is 3.28. The molecule has 2 rings (SSSR count). The lowest BCUT2D eigenvalue weighted by molar-refractivity contribution is -0.123. The molecule has 0 saturated carbocycles. The maximum absolute atomic E-state index is 13.6. The molecule has 0 unspecified atom stereocenters. The number of aryl methyl sites for hydroxylation is 1. The number of carbonyl (C=O) groups excluding carboxylic acids is 1. The van der Waals surface area contributed by atoms with E-state index < -0.39 is 11.7 Å². The van der Waals surface area contributed by atoms with Crippen molar-refractivity contribution in [2.24, 2.45) is 5.10 Å². The minimum absolute atomic E-state index is 0.111. The molecule has 0 radical (unpaired) electrons. The number of carbonyl (C=O) groups is 1. The first-order valence-corrected chi connectivity index (χ1v) is 8.85. The molecule has 0 aliphatic rings. The summed E-state index contributed by atoms with van der Waals surface area (Å²) in [6.45, 7) is 1.89. The molecule has 1 amide bonds. The molecule has 7 heteroatoms. The topological polar surface area (TPSA) is 50.7 Å². The number of nitrogens with zero attached hydrogens (tertiary/aromatic N) is 1. The molecule has 0 aliphatic heterocycles. The van der Waals surface area contributed by atoms with Crippen molar-refractivity contribution >= 4 is 39.7 Å². The van der Waals surface area contributed by atoms with Crippen LogP contribution in [0.3, 0.4) is 0 Å². The van der Waals surface area contributed by atoms with E-state index in [1.807, 2.05) is 18.2 Å². The van der Waals surface area contributed by atoms with Gasteiger partial charge in [0.2, 0.25) is 0 Å². The van der Waals surface area contributed by atoms with Crippen LogP contribution in [0.15, 0.2) is 46.0 Å². The van der Waals surface area contributed by atoms with Crippen LogP contribution in [0, 0.1) is 5.82 Å². The molecule has 0 fully saturated rings. The minimum Gasteiger partial charge on any atom is -0.483 e. The van der Waals surface area contributed by atoms with E-state index >= 15 is 0 Å². The highest BCUT2D eigenvalue weighted by molar-refractivity contribution is 9.10. The predicted octanol–water partition coefficient (Wildman–Crippen LogP) is 4.72. The first kappa shape index (κ1) is 19.4. The highest BCUT2D eigenvalue weighted by Crippen LogP contribution is 2.26. The fraction of sp³-hybridized carbons (Fsp3) is 0.222. The normalized spacial score (nSPS) is 10.9. The average molecular weight is 428 g/mol. The van der Waals surface area contributed by atoms with E-state index in [9.17, 15) is 9.18 Å². The van der Waals surface area contributed by atoms with Gasteiger partial charge in [-0.3, -0.25) is 4.79 Å². The van der Waals surface area contributed by atoms with Crippen molar-refractivity contribution in [3.05, 3.63) is 62.8 Å². The number of amides is 1. The highest BCUT2D eigenvalue weighted by atomic mass is 79.9. The molecule has 0 spiro atoms. The zero-order chi connectivity index (χ0) is 18.2. The molecule has 1 N–H and O–H groups in total. The summed E-state index contributed by atoms with van der Waals surface area (Å²) in [5, 5.41) is 3.91. The number of hydrogen-bond donors (Lipinski definition) is 1. The molecule has 2 aromatic carbocycles. The smallest absolute Gasteiger partial charge is 0.277 e. The van der Waals surface area contributed by atoms with Crippen LogP contribution in [0.4, 0.5) is 4.39 Å². The van der Waals surface area contributed by atoms with Gasteiger partial charge in [0.05, 0.1) is 15.7 Å². The van der Waals surface area contributed by atoms with Crippen LogP contribution in [0.1, 0.15) is 24.5 Å². The van der Waals surface area contributed by atoms with Crippen molar-refractivity contribution in [1.82, 2.24) is 5.43 Å².